The maximum absolute atomic E-state index is 11.9. The van der Waals surface area contributed by atoms with E-state index >= 15 is 0 Å². The molecule has 3 N–H and O–H groups in total. The molecule has 0 fully saturated rings. The van der Waals surface area contributed by atoms with Gasteiger partial charge in [0.1, 0.15) is 5.82 Å². The fourth-order valence-electron chi connectivity index (χ4n) is 2.18. The van der Waals surface area contributed by atoms with E-state index < -0.39 is 11.7 Å². The topological polar surface area (TPSA) is 87.1 Å². The summed E-state index contributed by atoms with van der Waals surface area (Å²) in [6, 6.07) is 10.0. The maximum Gasteiger partial charge on any atom is 0.330 e. The van der Waals surface area contributed by atoms with Crippen molar-refractivity contribution in [2.45, 2.75) is 25.9 Å². The van der Waals surface area contributed by atoms with Gasteiger partial charge in [0.25, 0.3) is 5.56 Å². The molecule has 1 aromatic heterocycles. The SMILES string of the molecule is CC(C)n1c(=O)cc(N[C@@H](CO)c2ccccc2)[nH]c1=O. The summed E-state index contributed by atoms with van der Waals surface area (Å²) in [5.74, 6) is 0.296. The number of aromatic amines is 1. The van der Waals surface area contributed by atoms with Gasteiger partial charge >= 0.3 is 5.69 Å². The highest BCUT2D eigenvalue weighted by atomic mass is 16.3. The van der Waals surface area contributed by atoms with Gasteiger partial charge in [0, 0.05) is 12.1 Å². The fourth-order valence-corrected chi connectivity index (χ4v) is 2.18. The van der Waals surface area contributed by atoms with Crippen LogP contribution in [0.3, 0.4) is 0 Å². The van der Waals surface area contributed by atoms with Crippen LogP contribution in [0.25, 0.3) is 0 Å². The van der Waals surface area contributed by atoms with E-state index in [1.807, 2.05) is 30.3 Å². The molecule has 6 nitrogen and oxygen atoms in total. The van der Waals surface area contributed by atoms with Crippen LogP contribution in [0.4, 0.5) is 5.82 Å². The zero-order valence-corrected chi connectivity index (χ0v) is 12.0. The van der Waals surface area contributed by atoms with E-state index in [-0.39, 0.29) is 18.2 Å². The van der Waals surface area contributed by atoms with Crippen LogP contribution in [0.2, 0.25) is 0 Å². The quantitative estimate of drug-likeness (QED) is 0.773. The summed E-state index contributed by atoms with van der Waals surface area (Å²) < 4.78 is 1.14. The second-order valence-electron chi connectivity index (χ2n) is 5.08. The minimum absolute atomic E-state index is 0.153. The molecule has 0 bridgehead atoms. The van der Waals surface area contributed by atoms with E-state index in [2.05, 4.69) is 10.3 Å². The first kappa shape index (κ1) is 15.1. The molecule has 6 heteroatoms. The Morgan fingerprint density at radius 3 is 2.43 bits per heavy atom. The minimum atomic E-state index is -0.468. The number of hydrogen-bond acceptors (Lipinski definition) is 4. The molecule has 21 heavy (non-hydrogen) atoms. The number of rotatable bonds is 5. The summed E-state index contributed by atoms with van der Waals surface area (Å²) in [5, 5.41) is 12.5. The highest BCUT2D eigenvalue weighted by molar-refractivity contribution is 5.37. The molecule has 0 unspecified atom stereocenters. The van der Waals surface area contributed by atoms with Crippen molar-refractivity contribution in [2.75, 3.05) is 11.9 Å². The van der Waals surface area contributed by atoms with Gasteiger partial charge < -0.3 is 10.4 Å². The van der Waals surface area contributed by atoms with Gasteiger partial charge in [-0.15, -0.1) is 0 Å². The van der Waals surface area contributed by atoms with E-state index in [4.69, 9.17) is 0 Å². The number of H-pyrrole nitrogens is 1. The maximum atomic E-state index is 11.9. The van der Waals surface area contributed by atoms with Gasteiger partial charge in [-0.05, 0) is 19.4 Å². The van der Waals surface area contributed by atoms with Crippen molar-refractivity contribution in [1.29, 1.82) is 0 Å². The van der Waals surface area contributed by atoms with Gasteiger partial charge in [-0.25, -0.2) is 4.79 Å². The number of nitrogens with one attached hydrogen (secondary N) is 2. The zero-order valence-electron chi connectivity index (χ0n) is 12.0. The van der Waals surface area contributed by atoms with Crippen LogP contribution < -0.4 is 16.6 Å². The summed E-state index contributed by atoms with van der Waals surface area (Å²) in [6.45, 7) is 3.38. The van der Waals surface area contributed by atoms with E-state index in [1.165, 1.54) is 6.07 Å². The number of anilines is 1. The van der Waals surface area contributed by atoms with Crippen molar-refractivity contribution in [2.24, 2.45) is 0 Å². The second-order valence-corrected chi connectivity index (χ2v) is 5.08. The normalized spacial score (nSPS) is 12.4. The molecule has 0 aliphatic carbocycles. The zero-order chi connectivity index (χ0) is 15.4. The Morgan fingerprint density at radius 1 is 1.24 bits per heavy atom. The summed E-state index contributed by atoms with van der Waals surface area (Å²) in [4.78, 5) is 26.5. The minimum Gasteiger partial charge on any atom is -0.394 e. The van der Waals surface area contributed by atoms with E-state index in [1.54, 1.807) is 13.8 Å². The smallest absolute Gasteiger partial charge is 0.330 e. The monoisotopic (exact) mass is 289 g/mol. The largest absolute Gasteiger partial charge is 0.394 e. The molecule has 0 saturated carbocycles. The lowest BCUT2D eigenvalue weighted by molar-refractivity contribution is 0.276. The summed E-state index contributed by atoms with van der Waals surface area (Å²) in [7, 11) is 0. The molecule has 2 rings (SSSR count). The predicted molar refractivity (Wildman–Crippen MR) is 81.6 cm³/mol. The third-order valence-corrected chi connectivity index (χ3v) is 3.20. The van der Waals surface area contributed by atoms with Gasteiger partial charge in [0.05, 0.1) is 12.6 Å². The van der Waals surface area contributed by atoms with Crippen molar-refractivity contribution >= 4 is 5.82 Å². The van der Waals surface area contributed by atoms with Crippen LogP contribution >= 0.6 is 0 Å². The number of aliphatic hydroxyl groups is 1. The number of benzene rings is 1. The molecule has 1 atom stereocenters. The summed E-state index contributed by atoms with van der Waals surface area (Å²) in [5.41, 5.74) is 0.0274. The van der Waals surface area contributed by atoms with Gasteiger partial charge in [-0.1, -0.05) is 30.3 Å². The molecule has 0 aliphatic rings. The highest BCUT2D eigenvalue weighted by Gasteiger charge is 2.12. The predicted octanol–water partition coefficient (Wildman–Crippen LogP) is 1.26. The third-order valence-electron chi connectivity index (χ3n) is 3.20. The first-order valence-electron chi connectivity index (χ1n) is 6.81. The van der Waals surface area contributed by atoms with Crippen molar-refractivity contribution < 1.29 is 5.11 Å². The molecule has 1 aromatic carbocycles. The van der Waals surface area contributed by atoms with Gasteiger partial charge in [-0.3, -0.25) is 14.3 Å². The van der Waals surface area contributed by atoms with E-state index in [0.717, 1.165) is 10.1 Å². The molecule has 0 spiro atoms. The average Bonchev–Trinajstić information content (AvgIpc) is 2.44. The highest BCUT2D eigenvalue weighted by Crippen LogP contribution is 2.16. The lowest BCUT2D eigenvalue weighted by Gasteiger charge is -2.18. The van der Waals surface area contributed by atoms with Crippen LogP contribution in [-0.4, -0.2) is 21.3 Å². The fraction of sp³-hybridized carbons (Fsp3) is 0.333. The van der Waals surface area contributed by atoms with Crippen LogP contribution in [0.5, 0.6) is 0 Å². The number of nitrogens with zero attached hydrogens (tertiary/aromatic N) is 1. The number of aromatic nitrogens is 2. The Balaban J connectivity index is 2.31. The molecular weight excluding hydrogens is 270 g/mol. The molecule has 0 saturated heterocycles. The standard InChI is InChI=1S/C15H19N3O3/c1-10(2)18-14(20)8-13(17-15(18)21)16-12(9-19)11-6-4-3-5-7-11/h3-8,10,12,16,19H,9H2,1-2H3,(H,17,21)/t12-/m0/s1. The molecule has 0 aliphatic heterocycles. The van der Waals surface area contributed by atoms with Gasteiger partial charge in [0.2, 0.25) is 0 Å². The Kier molecular flexibility index (Phi) is 4.59. The number of hydrogen-bond donors (Lipinski definition) is 3. The first-order chi connectivity index (χ1) is 10.0. The van der Waals surface area contributed by atoms with E-state index in [0.29, 0.717) is 5.82 Å². The second kappa shape index (κ2) is 6.41. The lowest BCUT2D eigenvalue weighted by Crippen LogP contribution is -2.36. The molecule has 2 aromatic rings. The first-order valence-corrected chi connectivity index (χ1v) is 6.81. The molecular formula is C15H19N3O3. The average molecular weight is 289 g/mol. The van der Waals surface area contributed by atoms with Crippen LogP contribution in [0.1, 0.15) is 31.5 Å². The molecule has 0 radical (unpaired) electrons. The third kappa shape index (κ3) is 3.41. The van der Waals surface area contributed by atoms with Crippen molar-refractivity contribution in [3.8, 4) is 0 Å². The molecule has 0 amide bonds. The van der Waals surface area contributed by atoms with Crippen molar-refractivity contribution in [3.05, 3.63) is 62.8 Å². The van der Waals surface area contributed by atoms with Crippen LogP contribution in [-0.2, 0) is 0 Å². The van der Waals surface area contributed by atoms with Crippen molar-refractivity contribution in [1.82, 2.24) is 9.55 Å². The summed E-state index contributed by atoms with van der Waals surface area (Å²) in [6.07, 6.45) is 0. The van der Waals surface area contributed by atoms with Crippen LogP contribution in [0.15, 0.2) is 46.0 Å². The Bertz CT molecular complexity index is 673. The summed E-state index contributed by atoms with van der Waals surface area (Å²) >= 11 is 0. The van der Waals surface area contributed by atoms with Gasteiger partial charge in [0.15, 0.2) is 0 Å². The van der Waals surface area contributed by atoms with Crippen molar-refractivity contribution in [3.63, 3.8) is 0 Å². The Labute approximate surface area is 122 Å². The van der Waals surface area contributed by atoms with Gasteiger partial charge in [-0.2, -0.15) is 0 Å². The Hall–Kier alpha value is -2.34. The number of aliphatic hydroxyl groups excluding tert-OH is 1. The van der Waals surface area contributed by atoms with Crippen LogP contribution in [0, 0.1) is 0 Å². The van der Waals surface area contributed by atoms with E-state index in [9.17, 15) is 14.7 Å². The Morgan fingerprint density at radius 2 is 1.90 bits per heavy atom. The molecule has 112 valence electrons. The lowest BCUT2D eigenvalue weighted by atomic mass is 10.1. The molecule has 1 heterocycles.